The van der Waals surface area contributed by atoms with Gasteiger partial charge in [-0.15, -0.1) is 10.2 Å². The number of nitrogens with zero attached hydrogens (tertiary/aromatic N) is 2. The Morgan fingerprint density at radius 2 is 1.84 bits per heavy atom. The number of fused-ring (bicyclic) bond motifs is 1. The van der Waals surface area contributed by atoms with E-state index in [1.807, 2.05) is 42.5 Å². The predicted molar refractivity (Wildman–Crippen MR) is 122 cm³/mol. The third-order valence-electron chi connectivity index (χ3n) is 5.45. The maximum absolute atomic E-state index is 5.79. The molecule has 3 heterocycles. The molecule has 1 aromatic heterocycles. The third-order valence-corrected chi connectivity index (χ3v) is 5.45. The van der Waals surface area contributed by atoms with Crippen LogP contribution in [0.2, 0.25) is 0 Å². The number of ether oxygens (including phenoxy) is 3. The van der Waals surface area contributed by atoms with Crippen LogP contribution in [0.5, 0.6) is 11.5 Å². The zero-order valence-corrected chi connectivity index (χ0v) is 17.8. The van der Waals surface area contributed by atoms with Gasteiger partial charge in [-0.3, -0.25) is 0 Å². The lowest BCUT2D eigenvalue weighted by Gasteiger charge is -2.24. The van der Waals surface area contributed by atoms with E-state index in [1.54, 1.807) is 0 Å². The molecule has 2 aliphatic heterocycles. The quantitative estimate of drug-likeness (QED) is 0.524. The molecule has 8 nitrogen and oxygen atoms in total. The number of hydrogen-bond donors (Lipinski definition) is 3. The Morgan fingerprint density at radius 1 is 0.938 bits per heavy atom. The van der Waals surface area contributed by atoms with Gasteiger partial charge in [0.05, 0.1) is 18.9 Å². The van der Waals surface area contributed by atoms with E-state index in [-0.39, 0.29) is 0 Å². The predicted octanol–water partition coefficient (Wildman–Crippen LogP) is 2.74. The Balaban J connectivity index is 1.17. The highest BCUT2D eigenvalue weighted by atomic mass is 16.6. The van der Waals surface area contributed by atoms with Crippen LogP contribution in [0.4, 0.5) is 11.5 Å². The maximum Gasteiger partial charge on any atom is 0.170 e. The Morgan fingerprint density at radius 3 is 2.66 bits per heavy atom. The number of morpholine rings is 1. The summed E-state index contributed by atoms with van der Waals surface area (Å²) < 4.78 is 16.9. The van der Waals surface area contributed by atoms with Crippen LogP contribution < -0.4 is 25.4 Å². The van der Waals surface area contributed by atoms with Crippen LogP contribution in [0.25, 0.3) is 11.3 Å². The van der Waals surface area contributed by atoms with Crippen LogP contribution in [0.1, 0.15) is 5.56 Å². The summed E-state index contributed by atoms with van der Waals surface area (Å²) in [5.41, 5.74) is 3.82. The van der Waals surface area contributed by atoms with Crippen molar-refractivity contribution in [2.24, 2.45) is 0 Å². The second kappa shape index (κ2) is 9.95. The van der Waals surface area contributed by atoms with Gasteiger partial charge in [-0.05, 0) is 42.0 Å². The molecule has 5 rings (SSSR count). The molecule has 1 atom stereocenters. The summed E-state index contributed by atoms with van der Waals surface area (Å²) in [6.45, 7) is 5.30. The lowest BCUT2D eigenvalue weighted by Crippen LogP contribution is -2.47. The Labute approximate surface area is 187 Å². The van der Waals surface area contributed by atoms with Gasteiger partial charge in [0.25, 0.3) is 0 Å². The minimum absolute atomic E-state index is 0.381. The van der Waals surface area contributed by atoms with Crippen LogP contribution in [-0.2, 0) is 11.3 Å². The molecule has 1 fully saturated rings. The van der Waals surface area contributed by atoms with Crippen molar-refractivity contribution in [2.75, 3.05) is 44.8 Å². The molecular formula is C24H27N5O3. The number of hydrogen-bond acceptors (Lipinski definition) is 8. The molecule has 32 heavy (non-hydrogen) atoms. The highest BCUT2D eigenvalue weighted by Gasteiger charge is 2.17. The van der Waals surface area contributed by atoms with Crippen LogP contribution >= 0.6 is 0 Å². The molecule has 8 heteroatoms. The van der Waals surface area contributed by atoms with E-state index in [0.717, 1.165) is 61.3 Å². The summed E-state index contributed by atoms with van der Waals surface area (Å²) in [6, 6.07) is 18.4. The maximum atomic E-state index is 5.79. The standard InChI is InChI=1S/C24H27N5O3/c1-2-20(24-22(3-1)31-12-13-32-24)21-8-9-23(29-28-21)27-18-6-4-17(5-7-18)14-25-15-19-16-30-11-10-26-19/h1-9,19,25-26H,10-16H2,(H,27,29). The van der Waals surface area contributed by atoms with E-state index in [9.17, 15) is 0 Å². The number of rotatable bonds is 7. The molecule has 2 aromatic carbocycles. The highest BCUT2D eigenvalue weighted by Crippen LogP contribution is 2.38. The molecule has 1 unspecified atom stereocenters. The fourth-order valence-electron chi connectivity index (χ4n) is 3.81. The first-order valence-corrected chi connectivity index (χ1v) is 11.0. The van der Waals surface area contributed by atoms with Gasteiger partial charge in [-0.2, -0.15) is 0 Å². The van der Waals surface area contributed by atoms with Crippen molar-refractivity contribution < 1.29 is 14.2 Å². The van der Waals surface area contributed by atoms with E-state index in [1.165, 1.54) is 5.56 Å². The minimum atomic E-state index is 0.381. The van der Waals surface area contributed by atoms with Crippen LogP contribution in [0.15, 0.2) is 54.6 Å². The number of benzene rings is 2. The van der Waals surface area contributed by atoms with Gasteiger partial charge in [0.15, 0.2) is 17.3 Å². The Hall–Kier alpha value is -3.20. The summed E-state index contributed by atoms with van der Waals surface area (Å²) in [4.78, 5) is 0. The minimum Gasteiger partial charge on any atom is -0.486 e. The molecule has 1 saturated heterocycles. The molecule has 0 spiro atoms. The van der Waals surface area contributed by atoms with Gasteiger partial charge < -0.3 is 30.2 Å². The zero-order chi connectivity index (χ0) is 21.6. The normalized spacial score (nSPS) is 17.7. The number of para-hydroxylation sites is 1. The number of anilines is 2. The second-order valence-corrected chi connectivity index (χ2v) is 7.81. The lowest BCUT2D eigenvalue weighted by molar-refractivity contribution is 0.0766. The second-order valence-electron chi connectivity index (χ2n) is 7.81. The van der Waals surface area contributed by atoms with Gasteiger partial charge in [0.1, 0.15) is 13.2 Å². The summed E-state index contributed by atoms with van der Waals surface area (Å²) >= 11 is 0. The molecule has 0 bridgehead atoms. The number of aromatic nitrogens is 2. The first-order valence-electron chi connectivity index (χ1n) is 11.0. The van der Waals surface area contributed by atoms with E-state index in [2.05, 4.69) is 38.3 Å². The van der Waals surface area contributed by atoms with E-state index in [0.29, 0.717) is 25.1 Å². The summed E-state index contributed by atoms with van der Waals surface area (Å²) in [5.74, 6) is 2.16. The average Bonchev–Trinajstić information content (AvgIpc) is 2.86. The Kier molecular flexibility index (Phi) is 6.43. The van der Waals surface area contributed by atoms with Crippen molar-refractivity contribution in [3.8, 4) is 22.8 Å². The van der Waals surface area contributed by atoms with Crippen molar-refractivity contribution in [1.82, 2.24) is 20.8 Å². The van der Waals surface area contributed by atoms with Crippen LogP contribution in [0, 0.1) is 0 Å². The van der Waals surface area contributed by atoms with Gasteiger partial charge in [0.2, 0.25) is 0 Å². The molecular weight excluding hydrogens is 406 g/mol. The molecule has 3 N–H and O–H groups in total. The molecule has 3 aromatic rings. The van der Waals surface area contributed by atoms with E-state index < -0.39 is 0 Å². The largest absolute Gasteiger partial charge is 0.486 e. The smallest absolute Gasteiger partial charge is 0.170 e. The topological polar surface area (TPSA) is 89.6 Å². The van der Waals surface area contributed by atoms with E-state index in [4.69, 9.17) is 14.2 Å². The van der Waals surface area contributed by atoms with E-state index >= 15 is 0 Å². The van der Waals surface area contributed by atoms with Gasteiger partial charge in [-0.25, -0.2) is 0 Å². The molecule has 0 aliphatic carbocycles. The van der Waals surface area contributed by atoms with Crippen molar-refractivity contribution >= 4 is 11.5 Å². The van der Waals surface area contributed by atoms with Crippen LogP contribution in [0.3, 0.4) is 0 Å². The zero-order valence-electron chi connectivity index (χ0n) is 17.8. The number of nitrogens with one attached hydrogen (secondary N) is 3. The molecule has 0 amide bonds. The monoisotopic (exact) mass is 433 g/mol. The fourth-order valence-corrected chi connectivity index (χ4v) is 3.81. The van der Waals surface area contributed by atoms with Crippen molar-refractivity contribution in [3.05, 3.63) is 60.2 Å². The first kappa shape index (κ1) is 20.7. The third kappa shape index (κ3) is 4.99. The van der Waals surface area contributed by atoms with Crippen molar-refractivity contribution in [3.63, 3.8) is 0 Å². The summed E-state index contributed by atoms with van der Waals surface area (Å²) in [5, 5.41) is 18.9. The molecule has 166 valence electrons. The van der Waals surface area contributed by atoms with Crippen molar-refractivity contribution in [2.45, 2.75) is 12.6 Å². The lowest BCUT2D eigenvalue weighted by atomic mass is 10.1. The molecule has 0 saturated carbocycles. The van der Waals surface area contributed by atoms with Crippen molar-refractivity contribution in [1.29, 1.82) is 0 Å². The molecule has 2 aliphatic rings. The SMILES string of the molecule is c1cc2c(c(-c3ccc(Nc4ccc(CNCC5COCCN5)cc4)nn3)c1)OCCO2. The highest BCUT2D eigenvalue weighted by molar-refractivity contribution is 5.72. The fraction of sp³-hybridized carbons (Fsp3) is 0.333. The summed E-state index contributed by atoms with van der Waals surface area (Å²) in [7, 11) is 0. The van der Waals surface area contributed by atoms with Gasteiger partial charge >= 0.3 is 0 Å². The molecule has 0 radical (unpaired) electrons. The first-order chi connectivity index (χ1) is 15.8. The van der Waals surface area contributed by atoms with Crippen LogP contribution in [-0.4, -0.2) is 55.8 Å². The van der Waals surface area contributed by atoms with Gasteiger partial charge in [-0.1, -0.05) is 18.2 Å². The Bertz CT molecular complexity index is 1020. The van der Waals surface area contributed by atoms with Gasteiger partial charge in [0, 0.05) is 36.9 Å². The summed E-state index contributed by atoms with van der Waals surface area (Å²) in [6.07, 6.45) is 0. The average molecular weight is 434 g/mol.